The van der Waals surface area contributed by atoms with E-state index in [4.69, 9.17) is 20.1 Å². The summed E-state index contributed by atoms with van der Waals surface area (Å²) in [7, 11) is 0. The molecule has 0 unspecified atom stereocenters. The van der Waals surface area contributed by atoms with Crippen molar-refractivity contribution >= 4 is 43.7 Å². The average molecular weight is 642 g/mol. The first-order valence-corrected chi connectivity index (χ1v) is 16.5. The molecular weight excluding hydrogens is 615 g/mol. The number of benzene rings is 6. The molecule has 10 rings (SSSR count). The summed E-state index contributed by atoms with van der Waals surface area (Å²) in [6.07, 6.45) is 1.77. The molecule has 0 atom stereocenters. The fraction of sp³-hybridized carbons (Fsp3) is 0. The van der Waals surface area contributed by atoms with Crippen LogP contribution in [0.3, 0.4) is 0 Å². The molecule has 0 fully saturated rings. The summed E-state index contributed by atoms with van der Waals surface area (Å²) in [4.78, 5) is 14.7. The molecule has 50 heavy (non-hydrogen) atoms. The molecule has 0 amide bonds. The highest BCUT2D eigenvalue weighted by atomic mass is 15.2. The maximum Gasteiger partial charge on any atom is 0.168 e. The van der Waals surface area contributed by atoms with Crippen LogP contribution in [-0.4, -0.2) is 34.3 Å². The number of hydrogen-bond acceptors (Lipinski definition) is 5. The van der Waals surface area contributed by atoms with Gasteiger partial charge in [-0.05, 0) is 60.7 Å². The Bertz CT molecular complexity index is 2780. The van der Waals surface area contributed by atoms with Crippen LogP contribution in [0.15, 0.2) is 164 Å². The van der Waals surface area contributed by atoms with Gasteiger partial charge in [0.1, 0.15) is 0 Å². The van der Waals surface area contributed by atoms with E-state index in [1.807, 2.05) is 60.7 Å². The normalized spacial score (nSPS) is 11.6. The Balaban J connectivity index is 1.20. The first-order chi connectivity index (χ1) is 24.8. The summed E-state index contributed by atoms with van der Waals surface area (Å²) in [5.74, 6) is 1.88. The average Bonchev–Trinajstić information content (AvgIpc) is 3.72. The third-order valence-electron chi connectivity index (χ3n) is 9.34. The molecule has 10 aromatic rings. The van der Waals surface area contributed by atoms with Crippen molar-refractivity contribution in [3.8, 4) is 45.5 Å². The SMILES string of the molecule is c1ccc(-c2nc(-c3ccccc3)nc(-c3ccc(-n4c5nnccc5c5ccc6c(c7ccccc7n6-c6ccccc6)c54)cc3)n2)cc1. The topological polar surface area (TPSA) is 74.3 Å². The van der Waals surface area contributed by atoms with Crippen LogP contribution in [0.25, 0.3) is 89.3 Å². The zero-order chi connectivity index (χ0) is 33.0. The molecule has 0 aliphatic carbocycles. The smallest absolute Gasteiger partial charge is 0.168 e. The summed E-state index contributed by atoms with van der Waals surface area (Å²) in [6, 6.07) is 54.1. The van der Waals surface area contributed by atoms with Gasteiger partial charge < -0.3 is 4.57 Å². The second-order valence-electron chi connectivity index (χ2n) is 12.2. The molecule has 0 radical (unpaired) electrons. The fourth-order valence-electron chi connectivity index (χ4n) is 7.10. The van der Waals surface area contributed by atoms with Gasteiger partial charge in [0.05, 0.1) is 22.7 Å². The number of rotatable bonds is 5. The van der Waals surface area contributed by atoms with Gasteiger partial charge >= 0.3 is 0 Å². The Kier molecular flexibility index (Phi) is 6.35. The van der Waals surface area contributed by atoms with Gasteiger partial charge in [-0.15, -0.1) is 5.10 Å². The molecule has 4 aromatic heterocycles. The highest BCUT2D eigenvalue weighted by Crippen LogP contribution is 2.41. The largest absolute Gasteiger partial charge is 0.309 e. The Morgan fingerprint density at radius 3 is 1.60 bits per heavy atom. The maximum atomic E-state index is 4.94. The lowest BCUT2D eigenvalue weighted by Gasteiger charge is -2.11. The van der Waals surface area contributed by atoms with Gasteiger partial charge in [0.2, 0.25) is 0 Å². The molecule has 0 aliphatic rings. The summed E-state index contributed by atoms with van der Waals surface area (Å²) in [5.41, 5.74) is 9.03. The molecule has 0 N–H and O–H groups in total. The molecule has 0 aliphatic heterocycles. The molecule has 0 spiro atoms. The maximum absolute atomic E-state index is 4.94. The van der Waals surface area contributed by atoms with E-state index >= 15 is 0 Å². The van der Waals surface area contributed by atoms with Crippen molar-refractivity contribution in [1.82, 2.24) is 34.3 Å². The predicted molar refractivity (Wildman–Crippen MR) is 200 cm³/mol. The summed E-state index contributed by atoms with van der Waals surface area (Å²) >= 11 is 0. The minimum absolute atomic E-state index is 0.611. The van der Waals surface area contributed by atoms with E-state index in [9.17, 15) is 0 Å². The zero-order valence-electron chi connectivity index (χ0n) is 26.7. The van der Waals surface area contributed by atoms with Gasteiger partial charge in [0.15, 0.2) is 23.1 Å². The van der Waals surface area contributed by atoms with Crippen LogP contribution >= 0.6 is 0 Å². The minimum Gasteiger partial charge on any atom is -0.309 e. The van der Waals surface area contributed by atoms with Crippen LogP contribution in [-0.2, 0) is 0 Å². The van der Waals surface area contributed by atoms with E-state index in [0.29, 0.717) is 17.5 Å². The second-order valence-corrected chi connectivity index (χ2v) is 12.2. The van der Waals surface area contributed by atoms with Crippen molar-refractivity contribution < 1.29 is 0 Å². The van der Waals surface area contributed by atoms with Gasteiger partial charge in [0, 0.05) is 49.6 Å². The van der Waals surface area contributed by atoms with Crippen molar-refractivity contribution in [3.63, 3.8) is 0 Å². The summed E-state index contributed by atoms with van der Waals surface area (Å²) in [6.45, 7) is 0. The van der Waals surface area contributed by atoms with E-state index in [1.54, 1.807) is 6.20 Å². The standard InChI is InChI=1S/C43H27N7/c1-4-12-28(13-5-1)40-45-41(29-14-6-2-7-15-29)47-42(46-40)30-20-22-32(23-21-30)50-39-33(34-26-27-44-48-43(34)50)24-25-37-38(39)35-18-10-11-19-36(35)49(37)31-16-8-3-9-17-31/h1-27H. The van der Waals surface area contributed by atoms with Crippen molar-refractivity contribution in [1.29, 1.82) is 0 Å². The van der Waals surface area contributed by atoms with Crippen molar-refractivity contribution in [3.05, 3.63) is 164 Å². The summed E-state index contributed by atoms with van der Waals surface area (Å²) < 4.78 is 4.58. The zero-order valence-corrected chi connectivity index (χ0v) is 26.7. The quantitative estimate of drug-likeness (QED) is 0.187. The predicted octanol–water partition coefficient (Wildman–Crippen LogP) is 9.86. The van der Waals surface area contributed by atoms with Crippen LogP contribution in [0.5, 0.6) is 0 Å². The van der Waals surface area contributed by atoms with E-state index in [0.717, 1.165) is 61.0 Å². The molecule has 4 heterocycles. The van der Waals surface area contributed by atoms with Crippen LogP contribution in [0, 0.1) is 0 Å². The molecule has 7 nitrogen and oxygen atoms in total. The van der Waals surface area contributed by atoms with Crippen molar-refractivity contribution in [2.45, 2.75) is 0 Å². The lowest BCUT2D eigenvalue weighted by molar-refractivity contribution is 1.02. The van der Waals surface area contributed by atoms with Gasteiger partial charge in [-0.3, -0.25) is 4.57 Å². The van der Waals surface area contributed by atoms with Crippen molar-refractivity contribution in [2.75, 3.05) is 0 Å². The lowest BCUT2D eigenvalue weighted by Crippen LogP contribution is -2.01. The number of fused-ring (bicyclic) bond motifs is 7. The molecular formula is C43H27N7. The monoisotopic (exact) mass is 641 g/mol. The molecule has 7 heteroatoms. The molecule has 6 aromatic carbocycles. The minimum atomic E-state index is 0.611. The Labute approximate surface area is 286 Å². The first-order valence-electron chi connectivity index (χ1n) is 16.5. The Morgan fingerprint density at radius 2 is 0.940 bits per heavy atom. The van der Waals surface area contributed by atoms with Gasteiger partial charge in [-0.25, -0.2) is 15.0 Å². The van der Waals surface area contributed by atoms with E-state index in [-0.39, 0.29) is 0 Å². The van der Waals surface area contributed by atoms with Crippen LogP contribution in [0.4, 0.5) is 0 Å². The Morgan fingerprint density at radius 1 is 0.380 bits per heavy atom. The van der Waals surface area contributed by atoms with Crippen LogP contribution in [0.2, 0.25) is 0 Å². The van der Waals surface area contributed by atoms with Gasteiger partial charge in [-0.2, -0.15) is 5.10 Å². The third-order valence-corrected chi connectivity index (χ3v) is 9.34. The van der Waals surface area contributed by atoms with Gasteiger partial charge in [-0.1, -0.05) is 97.1 Å². The van der Waals surface area contributed by atoms with Crippen molar-refractivity contribution in [2.24, 2.45) is 0 Å². The Hall–Kier alpha value is -6.99. The first kappa shape index (κ1) is 28.1. The van der Waals surface area contributed by atoms with E-state index in [2.05, 4.69) is 111 Å². The van der Waals surface area contributed by atoms with Gasteiger partial charge in [0.25, 0.3) is 0 Å². The fourth-order valence-corrected chi connectivity index (χ4v) is 7.10. The third kappa shape index (κ3) is 4.41. The summed E-state index contributed by atoms with van der Waals surface area (Å²) in [5, 5.41) is 13.5. The lowest BCUT2D eigenvalue weighted by atomic mass is 10.1. The van der Waals surface area contributed by atoms with Crippen LogP contribution in [0.1, 0.15) is 0 Å². The molecule has 0 saturated carbocycles. The number of para-hydroxylation sites is 2. The number of hydrogen-bond donors (Lipinski definition) is 0. The number of nitrogens with zero attached hydrogens (tertiary/aromatic N) is 7. The second kappa shape index (κ2) is 11.3. The number of aromatic nitrogens is 7. The van der Waals surface area contributed by atoms with Crippen LogP contribution < -0.4 is 0 Å². The van der Waals surface area contributed by atoms with E-state index < -0.39 is 0 Å². The molecule has 0 bridgehead atoms. The molecule has 234 valence electrons. The van der Waals surface area contributed by atoms with E-state index in [1.165, 1.54) is 10.8 Å². The highest BCUT2D eigenvalue weighted by molar-refractivity contribution is 6.25. The molecule has 0 saturated heterocycles. The highest BCUT2D eigenvalue weighted by Gasteiger charge is 2.22.